The van der Waals surface area contributed by atoms with Crippen molar-refractivity contribution in [3.05, 3.63) is 35.4 Å². The molecule has 5 nitrogen and oxygen atoms in total. The Morgan fingerprint density at radius 2 is 2.04 bits per heavy atom. The average molecular weight is 345 g/mol. The van der Waals surface area contributed by atoms with Gasteiger partial charge >= 0.3 is 0 Å². The number of hydrogen-bond acceptors (Lipinski definition) is 3. The second kappa shape index (κ2) is 8.68. The van der Waals surface area contributed by atoms with Gasteiger partial charge < -0.3 is 20.5 Å². The Balaban J connectivity index is 1.72. The lowest BCUT2D eigenvalue weighted by atomic mass is 9.86. The van der Waals surface area contributed by atoms with Gasteiger partial charge in [0.05, 0.1) is 19.8 Å². The molecule has 1 aliphatic carbocycles. The van der Waals surface area contributed by atoms with E-state index >= 15 is 0 Å². The highest BCUT2D eigenvalue weighted by molar-refractivity contribution is 5.78. The SMILES string of the molecule is COCC1(CN=C(N)NC2CCCCCC2)OCCc2ccccc21. The Kier molecular flexibility index (Phi) is 6.32. The molecule has 1 heterocycles. The van der Waals surface area contributed by atoms with Crippen LogP contribution in [0.15, 0.2) is 29.3 Å². The molecule has 0 aromatic heterocycles. The zero-order valence-electron chi connectivity index (χ0n) is 15.3. The number of nitrogens with two attached hydrogens (primary N) is 1. The molecule has 1 aromatic rings. The Morgan fingerprint density at radius 1 is 1.28 bits per heavy atom. The molecule has 0 saturated heterocycles. The number of hydrogen-bond donors (Lipinski definition) is 2. The van der Waals surface area contributed by atoms with Crippen LogP contribution in [0.1, 0.15) is 49.7 Å². The number of rotatable bonds is 5. The van der Waals surface area contributed by atoms with Gasteiger partial charge in [0.25, 0.3) is 0 Å². The molecule has 3 N–H and O–H groups in total. The van der Waals surface area contributed by atoms with Crippen LogP contribution >= 0.6 is 0 Å². The van der Waals surface area contributed by atoms with Crippen molar-refractivity contribution in [3.63, 3.8) is 0 Å². The summed E-state index contributed by atoms with van der Waals surface area (Å²) >= 11 is 0. The maximum Gasteiger partial charge on any atom is 0.188 e. The third-order valence-electron chi connectivity index (χ3n) is 5.35. The van der Waals surface area contributed by atoms with Crippen LogP contribution in [-0.4, -0.2) is 38.9 Å². The minimum absolute atomic E-state index is 0.448. The standard InChI is InChI=1S/C20H31N3O2/c1-24-15-20(18-11-7-6-8-16(18)12-13-25-20)14-22-19(21)23-17-9-4-2-3-5-10-17/h6-8,11,17H,2-5,9-10,12-15H2,1H3,(H3,21,22,23). The molecule has 0 spiro atoms. The van der Waals surface area contributed by atoms with Crippen LogP contribution in [0.25, 0.3) is 0 Å². The molecule has 1 unspecified atom stereocenters. The van der Waals surface area contributed by atoms with Gasteiger partial charge in [0, 0.05) is 13.2 Å². The number of aliphatic imine (C=N–C) groups is 1. The molecule has 1 aliphatic heterocycles. The first-order chi connectivity index (χ1) is 12.2. The lowest BCUT2D eigenvalue weighted by Crippen LogP contribution is -2.45. The number of guanidine groups is 1. The number of nitrogens with one attached hydrogen (secondary N) is 1. The smallest absolute Gasteiger partial charge is 0.188 e. The highest BCUT2D eigenvalue weighted by atomic mass is 16.5. The van der Waals surface area contributed by atoms with Crippen LogP contribution < -0.4 is 11.1 Å². The van der Waals surface area contributed by atoms with Gasteiger partial charge in [-0.3, -0.25) is 0 Å². The second-order valence-corrected chi connectivity index (χ2v) is 7.22. The molecule has 1 aromatic carbocycles. The number of benzene rings is 1. The van der Waals surface area contributed by atoms with Crippen molar-refractivity contribution < 1.29 is 9.47 Å². The van der Waals surface area contributed by atoms with E-state index < -0.39 is 5.60 Å². The molecule has 138 valence electrons. The second-order valence-electron chi connectivity index (χ2n) is 7.22. The monoisotopic (exact) mass is 345 g/mol. The van der Waals surface area contributed by atoms with Crippen molar-refractivity contribution in [1.29, 1.82) is 0 Å². The van der Waals surface area contributed by atoms with Crippen LogP contribution in [0.4, 0.5) is 0 Å². The highest BCUT2D eigenvalue weighted by Gasteiger charge is 2.38. The molecule has 3 rings (SSSR count). The maximum atomic E-state index is 6.19. The van der Waals surface area contributed by atoms with Gasteiger partial charge in [0.2, 0.25) is 0 Å². The number of fused-ring (bicyclic) bond motifs is 1. The van der Waals surface area contributed by atoms with E-state index in [-0.39, 0.29) is 0 Å². The molecule has 2 aliphatic rings. The van der Waals surface area contributed by atoms with Crippen molar-refractivity contribution in [2.45, 2.75) is 56.6 Å². The van der Waals surface area contributed by atoms with Gasteiger partial charge in [-0.15, -0.1) is 0 Å². The summed E-state index contributed by atoms with van der Waals surface area (Å²) in [5, 5.41) is 3.41. The molecule has 0 bridgehead atoms. The Hall–Kier alpha value is -1.59. The Morgan fingerprint density at radius 3 is 2.80 bits per heavy atom. The predicted octanol–water partition coefficient (Wildman–Crippen LogP) is 2.73. The lowest BCUT2D eigenvalue weighted by Gasteiger charge is -2.37. The van der Waals surface area contributed by atoms with E-state index in [9.17, 15) is 0 Å². The summed E-state index contributed by atoms with van der Waals surface area (Å²) in [5.41, 5.74) is 8.14. The molecular formula is C20H31N3O2. The van der Waals surface area contributed by atoms with Crippen molar-refractivity contribution >= 4 is 5.96 Å². The minimum Gasteiger partial charge on any atom is -0.381 e. The van der Waals surface area contributed by atoms with Crippen molar-refractivity contribution in [2.24, 2.45) is 10.7 Å². The third kappa shape index (κ3) is 4.53. The summed E-state index contributed by atoms with van der Waals surface area (Å²) < 4.78 is 11.7. The molecule has 5 heteroatoms. The average Bonchev–Trinajstić information content (AvgIpc) is 2.89. The van der Waals surface area contributed by atoms with E-state index in [2.05, 4.69) is 34.6 Å². The van der Waals surface area contributed by atoms with E-state index in [1.54, 1.807) is 7.11 Å². The third-order valence-corrected chi connectivity index (χ3v) is 5.35. The Labute approximate surface area is 151 Å². The Bertz CT molecular complexity index is 582. The van der Waals surface area contributed by atoms with E-state index in [4.69, 9.17) is 15.2 Å². The summed E-state index contributed by atoms with van der Waals surface area (Å²) in [6, 6.07) is 8.86. The van der Waals surface area contributed by atoms with Crippen LogP contribution in [0.2, 0.25) is 0 Å². The molecule has 25 heavy (non-hydrogen) atoms. The molecule has 0 radical (unpaired) electrons. The largest absolute Gasteiger partial charge is 0.381 e. The number of methoxy groups -OCH3 is 1. The van der Waals surface area contributed by atoms with Crippen molar-refractivity contribution in [3.8, 4) is 0 Å². The topological polar surface area (TPSA) is 68.9 Å². The van der Waals surface area contributed by atoms with Gasteiger partial charge in [-0.2, -0.15) is 0 Å². The summed E-state index contributed by atoms with van der Waals surface area (Å²) in [7, 11) is 1.71. The van der Waals surface area contributed by atoms with E-state index in [0.717, 1.165) is 6.42 Å². The molecule has 0 amide bonds. The van der Waals surface area contributed by atoms with Crippen LogP contribution in [-0.2, 0) is 21.5 Å². The van der Waals surface area contributed by atoms with E-state index in [1.807, 2.05) is 0 Å². The van der Waals surface area contributed by atoms with Crippen LogP contribution in [0, 0.1) is 0 Å². The van der Waals surface area contributed by atoms with Crippen LogP contribution in [0.3, 0.4) is 0 Å². The quantitative estimate of drug-likeness (QED) is 0.489. The first-order valence-corrected chi connectivity index (χ1v) is 9.51. The van der Waals surface area contributed by atoms with Crippen molar-refractivity contribution in [1.82, 2.24) is 5.32 Å². The fourth-order valence-electron chi connectivity index (χ4n) is 4.04. The zero-order valence-corrected chi connectivity index (χ0v) is 15.3. The fraction of sp³-hybridized carbons (Fsp3) is 0.650. The summed E-state index contributed by atoms with van der Waals surface area (Å²) in [6.45, 7) is 1.64. The van der Waals surface area contributed by atoms with E-state index in [1.165, 1.54) is 49.7 Å². The first-order valence-electron chi connectivity index (χ1n) is 9.51. The molecule has 1 atom stereocenters. The fourth-order valence-corrected chi connectivity index (χ4v) is 4.04. The summed E-state index contributed by atoms with van der Waals surface area (Å²) in [4.78, 5) is 4.64. The van der Waals surface area contributed by atoms with Gasteiger partial charge in [-0.1, -0.05) is 49.9 Å². The lowest BCUT2D eigenvalue weighted by molar-refractivity contribution is -0.0960. The van der Waals surface area contributed by atoms with Gasteiger partial charge in [-0.25, -0.2) is 4.99 Å². The maximum absolute atomic E-state index is 6.19. The first kappa shape index (κ1) is 18.2. The molecule has 1 saturated carbocycles. The normalized spacial score (nSPS) is 25.2. The highest BCUT2D eigenvalue weighted by Crippen LogP contribution is 2.34. The molecular weight excluding hydrogens is 314 g/mol. The number of nitrogens with zero attached hydrogens (tertiary/aromatic N) is 1. The predicted molar refractivity (Wildman–Crippen MR) is 101 cm³/mol. The van der Waals surface area contributed by atoms with E-state index in [0.29, 0.717) is 31.8 Å². The number of ether oxygens (including phenoxy) is 2. The van der Waals surface area contributed by atoms with Crippen molar-refractivity contribution in [2.75, 3.05) is 26.9 Å². The van der Waals surface area contributed by atoms with Gasteiger partial charge in [-0.05, 0) is 30.4 Å². The minimum atomic E-state index is -0.542. The van der Waals surface area contributed by atoms with Crippen LogP contribution in [0.5, 0.6) is 0 Å². The van der Waals surface area contributed by atoms with Gasteiger partial charge in [0.15, 0.2) is 5.96 Å². The summed E-state index contributed by atoms with van der Waals surface area (Å²) in [6.07, 6.45) is 8.50. The summed E-state index contributed by atoms with van der Waals surface area (Å²) in [5.74, 6) is 0.522. The molecule has 1 fully saturated rings. The van der Waals surface area contributed by atoms with Gasteiger partial charge in [0.1, 0.15) is 5.60 Å². The zero-order chi connectivity index (χ0) is 17.5.